The predicted molar refractivity (Wildman–Crippen MR) is 76.5 cm³/mol. The lowest BCUT2D eigenvalue weighted by Crippen LogP contribution is -1.97. The van der Waals surface area contributed by atoms with Crippen LogP contribution in [-0.4, -0.2) is 9.78 Å². The summed E-state index contributed by atoms with van der Waals surface area (Å²) in [7, 11) is 2.02. The van der Waals surface area contributed by atoms with Gasteiger partial charge in [0.05, 0.1) is 5.69 Å². The Bertz CT molecular complexity index is 567. The lowest BCUT2D eigenvalue weighted by atomic mass is 9.98. The van der Waals surface area contributed by atoms with Crippen molar-refractivity contribution in [1.29, 1.82) is 0 Å². The monoisotopic (exact) mass is 243 g/mol. The first-order chi connectivity index (χ1) is 8.58. The molecule has 96 valence electrons. The smallest absolute Gasteiger partial charge is 0.0703 e. The minimum absolute atomic E-state index is 0.846. The van der Waals surface area contributed by atoms with Crippen molar-refractivity contribution < 1.29 is 0 Å². The van der Waals surface area contributed by atoms with Crippen molar-refractivity contribution >= 4 is 5.69 Å². The first kappa shape index (κ1) is 12.7. The second-order valence-electron chi connectivity index (χ2n) is 4.67. The molecule has 3 heteroatoms. The van der Waals surface area contributed by atoms with Gasteiger partial charge in [-0.25, -0.2) is 0 Å². The van der Waals surface area contributed by atoms with E-state index in [-0.39, 0.29) is 0 Å². The number of aromatic nitrogens is 2. The summed E-state index contributed by atoms with van der Waals surface area (Å²) >= 11 is 0. The first-order valence-electron chi connectivity index (χ1n) is 6.49. The molecule has 0 fully saturated rings. The van der Waals surface area contributed by atoms with Crippen LogP contribution in [0.4, 0.5) is 5.69 Å². The molecule has 1 aromatic carbocycles. The molecule has 0 saturated carbocycles. The third-order valence-electron chi connectivity index (χ3n) is 3.47. The molecule has 0 bridgehead atoms. The zero-order chi connectivity index (χ0) is 13.3. The van der Waals surface area contributed by atoms with Crippen LogP contribution in [0.15, 0.2) is 18.2 Å². The van der Waals surface area contributed by atoms with Crippen LogP contribution in [0, 0.1) is 6.92 Å². The van der Waals surface area contributed by atoms with Gasteiger partial charge < -0.3 is 5.73 Å². The zero-order valence-corrected chi connectivity index (χ0v) is 11.6. The highest BCUT2D eigenvalue weighted by molar-refractivity contribution is 5.72. The molecule has 0 aliphatic heterocycles. The molecule has 0 atom stereocenters. The number of nitrogens with two attached hydrogens (primary N) is 1. The minimum atomic E-state index is 0.846. The van der Waals surface area contributed by atoms with Crippen LogP contribution >= 0.6 is 0 Å². The molecule has 3 nitrogen and oxygen atoms in total. The Balaban J connectivity index is 2.64. The summed E-state index contributed by atoms with van der Waals surface area (Å²) in [6.45, 7) is 6.37. The second-order valence-corrected chi connectivity index (χ2v) is 4.67. The number of rotatable bonds is 3. The normalized spacial score (nSPS) is 10.9. The Morgan fingerprint density at radius 3 is 2.50 bits per heavy atom. The van der Waals surface area contributed by atoms with Crippen LogP contribution in [-0.2, 0) is 19.9 Å². The van der Waals surface area contributed by atoms with Gasteiger partial charge in [-0.05, 0) is 43.0 Å². The van der Waals surface area contributed by atoms with Gasteiger partial charge in [0.1, 0.15) is 0 Å². The number of nitrogens with zero attached hydrogens (tertiary/aromatic N) is 2. The fraction of sp³-hybridized carbons (Fsp3) is 0.400. The molecule has 2 rings (SSSR count). The Hall–Kier alpha value is -1.77. The van der Waals surface area contributed by atoms with Crippen molar-refractivity contribution in [3.8, 4) is 11.1 Å². The molecule has 0 saturated heterocycles. The van der Waals surface area contributed by atoms with E-state index in [1.165, 1.54) is 22.5 Å². The predicted octanol–water partition coefficient (Wildman–Crippen LogP) is 3.10. The summed E-state index contributed by atoms with van der Waals surface area (Å²) in [4.78, 5) is 0. The van der Waals surface area contributed by atoms with E-state index in [0.29, 0.717) is 0 Å². The van der Waals surface area contributed by atoms with Gasteiger partial charge in [0.15, 0.2) is 0 Å². The number of anilines is 1. The van der Waals surface area contributed by atoms with Crippen molar-refractivity contribution in [2.24, 2.45) is 7.05 Å². The van der Waals surface area contributed by atoms with Gasteiger partial charge in [-0.15, -0.1) is 0 Å². The van der Waals surface area contributed by atoms with Gasteiger partial charge in [0.2, 0.25) is 0 Å². The summed E-state index contributed by atoms with van der Waals surface area (Å²) in [6.07, 6.45) is 1.94. The van der Waals surface area contributed by atoms with E-state index in [4.69, 9.17) is 5.73 Å². The van der Waals surface area contributed by atoms with E-state index >= 15 is 0 Å². The van der Waals surface area contributed by atoms with Crippen LogP contribution in [0.2, 0.25) is 0 Å². The maximum Gasteiger partial charge on any atom is 0.0703 e. The van der Waals surface area contributed by atoms with Crippen LogP contribution in [0.5, 0.6) is 0 Å². The highest BCUT2D eigenvalue weighted by atomic mass is 15.3. The highest BCUT2D eigenvalue weighted by Crippen LogP contribution is 2.30. The maximum absolute atomic E-state index is 5.89. The standard InChI is InChI=1S/C15H21N3/c1-5-13-15(14(6-2)18(4)17-13)11-7-8-12(16)10(3)9-11/h7-9H,5-6,16H2,1-4H3. The molecule has 0 unspecified atom stereocenters. The topological polar surface area (TPSA) is 43.8 Å². The SMILES string of the molecule is CCc1nn(C)c(CC)c1-c1ccc(N)c(C)c1. The molecule has 0 aliphatic rings. The van der Waals surface area contributed by atoms with E-state index in [1.807, 2.05) is 24.7 Å². The molecule has 2 aromatic rings. The first-order valence-corrected chi connectivity index (χ1v) is 6.49. The number of benzene rings is 1. The van der Waals surface area contributed by atoms with Crippen molar-refractivity contribution in [1.82, 2.24) is 9.78 Å². The molecule has 0 spiro atoms. The van der Waals surface area contributed by atoms with Crippen LogP contribution in [0.3, 0.4) is 0 Å². The van der Waals surface area contributed by atoms with Gasteiger partial charge >= 0.3 is 0 Å². The molecular weight excluding hydrogens is 222 g/mol. The summed E-state index contributed by atoms with van der Waals surface area (Å²) in [5, 5.41) is 4.61. The molecule has 18 heavy (non-hydrogen) atoms. The van der Waals surface area contributed by atoms with Crippen molar-refractivity contribution in [3.05, 3.63) is 35.2 Å². The van der Waals surface area contributed by atoms with Gasteiger partial charge in [-0.3, -0.25) is 4.68 Å². The van der Waals surface area contributed by atoms with Crippen LogP contribution < -0.4 is 5.73 Å². The minimum Gasteiger partial charge on any atom is -0.399 e. The fourth-order valence-corrected chi connectivity index (χ4v) is 2.44. The Labute approximate surface area is 109 Å². The lowest BCUT2D eigenvalue weighted by Gasteiger charge is -2.08. The third-order valence-corrected chi connectivity index (χ3v) is 3.47. The van der Waals surface area contributed by atoms with Gasteiger partial charge in [0, 0.05) is 24.0 Å². The lowest BCUT2D eigenvalue weighted by molar-refractivity contribution is 0.705. The zero-order valence-electron chi connectivity index (χ0n) is 11.6. The number of nitrogen functional groups attached to an aromatic ring is 1. The van der Waals surface area contributed by atoms with Crippen LogP contribution in [0.25, 0.3) is 11.1 Å². The van der Waals surface area contributed by atoms with E-state index in [2.05, 4.69) is 31.1 Å². The fourth-order valence-electron chi connectivity index (χ4n) is 2.44. The number of hydrogen-bond donors (Lipinski definition) is 1. The van der Waals surface area contributed by atoms with E-state index < -0.39 is 0 Å². The molecular formula is C15H21N3. The molecule has 0 aliphatic carbocycles. The summed E-state index contributed by atoms with van der Waals surface area (Å²) < 4.78 is 2.00. The van der Waals surface area contributed by atoms with E-state index in [1.54, 1.807) is 0 Å². The molecule has 0 amide bonds. The molecule has 1 aromatic heterocycles. The highest BCUT2D eigenvalue weighted by Gasteiger charge is 2.15. The number of hydrogen-bond acceptors (Lipinski definition) is 2. The Kier molecular flexibility index (Phi) is 3.41. The average molecular weight is 243 g/mol. The molecule has 2 N–H and O–H groups in total. The number of aryl methyl sites for hydroxylation is 3. The Morgan fingerprint density at radius 1 is 1.22 bits per heavy atom. The summed E-state index contributed by atoms with van der Waals surface area (Å²) in [5.41, 5.74) is 12.8. The van der Waals surface area contributed by atoms with Crippen molar-refractivity contribution in [2.75, 3.05) is 5.73 Å². The Morgan fingerprint density at radius 2 is 1.94 bits per heavy atom. The molecule has 1 heterocycles. The second kappa shape index (κ2) is 4.84. The van der Waals surface area contributed by atoms with Gasteiger partial charge in [0.25, 0.3) is 0 Å². The summed E-state index contributed by atoms with van der Waals surface area (Å²) in [5.74, 6) is 0. The molecule has 0 radical (unpaired) electrons. The summed E-state index contributed by atoms with van der Waals surface area (Å²) in [6, 6.07) is 6.24. The van der Waals surface area contributed by atoms with E-state index in [9.17, 15) is 0 Å². The van der Waals surface area contributed by atoms with Crippen LogP contribution in [0.1, 0.15) is 30.8 Å². The largest absolute Gasteiger partial charge is 0.399 e. The quantitative estimate of drug-likeness (QED) is 0.842. The van der Waals surface area contributed by atoms with Crippen molar-refractivity contribution in [3.63, 3.8) is 0 Å². The average Bonchev–Trinajstić information content (AvgIpc) is 2.68. The van der Waals surface area contributed by atoms with Gasteiger partial charge in [-0.1, -0.05) is 19.9 Å². The van der Waals surface area contributed by atoms with Gasteiger partial charge in [-0.2, -0.15) is 5.10 Å². The van der Waals surface area contributed by atoms with E-state index in [0.717, 1.165) is 24.1 Å². The third kappa shape index (κ3) is 2.01. The maximum atomic E-state index is 5.89. The van der Waals surface area contributed by atoms with Crippen molar-refractivity contribution in [2.45, 2.75) is 33.6 Å².